The van der Waals surface area contributed by atoms with Crippen LogP contribution in [0.2, 0.25) is 0 Å². The topological polar surface area (TPSA) is 21.7 Å². The minimum absolute atomic E-state index is 0.369. The van der Waals surface area contributed by atoms with Gasteiger partial charge in [0.05, 0.1) is 7.11 Å². The van der Waals surface area contributed by atoms with Crippen LogP contribution in [0.3, 0.4) is 0 Å². The molecule has 1 rings (SSSR count). The molecule has 0 bridgehead atoms. The highest BCUT2D eigenvalue weighted by atomic mass is 35.5. The number of likely N-dealkylation sites (N-methyl/N-ethyl adjacent to an activating group) is 1. The van der Waals surface area contributed by atoms with Gasteiger partial charge in [0, 0.05) is 6.54 Å². The molecule has 0 heterocycles. The Kier molecular flexibility index (Phi) is 6.16. The van der Waals surface area contributed by atoms with Gasteiger partial charge in [-0.1, -0.05) is 37.6 Å². The Morgan fingerprint density at radius 1 is 1.18 bits per heavy atom. The Hall–Kier alpha value is -0.930. The van der Waals surface area contributed by atoms with Crippen molar-refractivity contribution in [3.63, 3.8) is 0 Å². The molecule has 0 saturated heterocycles. The molecule has 4 heteroatoms. The molecule has 0 fully saturated rings. The van der Waals surface area contributed by atoms with Crippen LogP contribution in [0, 0.1) is 0 Å². The van der Waals surface area contributed by atoms with E-state index in [0.717, 1.165) is 13.1 Å². The number of nitrogens with zero attached hydrogens (tertiary/aromatic N) is 1. The van der Waals surface area contributed by atoms with Crippen LogP contribution in [-0.2, 0) is 0 Å². The van der Waals surface area contributed by atoms with Gasteiger partial charge >= 0.3 is 0 Å². The second-order valence-corrected chi connectivity index (χ2v) is 4.15. The van der Waals surface area contributed by atoms with Crippen LogP contribution >= 0.6 is 11.6 Å². The highest BCUT2D eigenvalue weighted by Gasteiger charge is 2.12. The van der Waals surface area contributed by atoms with Crippen LogP contribution in [0.1, 0.15) is 13.8 Å². The first kappa shape index (κ1) is 14.1. The van der Waals surface area contributed by atoms with Crippen LogP contribution < -0.4 is 9.47 Å². The Morgan fingerprint density at radius 2 is 1.76 bits per heavy atom. The van der Waals surface area contributed by atoms with E-state index in [-0.39, 0.29) is 5.56 Å². The monoisotopic (exact) mass is 257 g/mol. The van der Waals surface area contributed by atoms with Crippen LogP contribution in [-0.4, -0.2) is 37.2 Å². The van der Waals surface area contributed by atoms with Gasteiger partial charge < -0.3 is 9.47 Å². The summed E-state index contributed by atoms with van der Waals surface area (Å²) in [6.45, 7) is 6.85. The molecule has 1 aromatic carbocycles. The molecule has 0 spiro atoms. The van der Waals surface area contributed by atoms with Crippen LogP contribution in [0.15, 0.2) is 24.3 Å². The second-order valence-electron chi connectivity index (χ2n) is 3.66. The molecule has 1 unspecified atom stereocenters. The van der Waals surface area contributed by atoms with Gasteiger partial charge in [-0.05, 0) is 25.2 Å². The quantitative estimate of drug-likeness (QED) is 0.701. The van der Waals surface area contributed by atoms with Crippen molar-refractivity contribution < 1.29 is 9.47 Å². The van der Waals surface area contributed by atoms with Crippen molar-refractivity contribution in [1.82, 2.24) is 4.90 Å². The number of alkyl halides is 1. The average molecular weight is 258 g/mol. The number of ether oxygens (including phenoxy) is 2. The van der Waals surface area contributed by atoms with Crippen molar-refractivity contribution in [2.75, 3.05) is 26.7 Å². The van der Waals surface area contributed by atoms with Crippen LogP contribution in [0.4, 0.5) is 0 Å². The molecule has 0 N–H and O–H groups in total. The van der Waals surface area contributed by atoms with Gasteiger partial charge in [-0.15, -0.1) is 0 Å². The van der Waals surface area contributed by atoms with E-state index >= 15 is 0 Å². The molecule has 0 aliphatic rings. The SMILES string of the molecule is CCN(CC)CC(Cl)Oc1ccccc1OC. The van der Waals surface area contributed by atoms with E-state index in [0.29, 0.717) is 18.0 Å². The fourth-order valence-electron chi connectivity index (χ4n) is 1.58. The van der Waals surface area contributed by atoms with E-state index in [1.807, 2.05) is 24.3 Å². The summed E-state index contributed by atoms with van der Waals surface area (Å²) in [5, 5.41) is 0. The fourth-order valence-corrected chi connectivity index (χ4v) is 1.87. The number of rotatable bonds is 7. The maximum absolute atomic E-state index is 6.18. The first-order valence-electron chi connectivity index (χ1n) is 5.87. The molecule has 3 nitrogen and oxygen atoms in total. The predicted octanol–water partition coefficient (Wildman–Crippen LogP) is 2.98. The third-order valence-electron chi connectivity index (χ3n) is 2.62. The van der Waals surface area contributed by atoms with Gasteiger partial charge in [0.2, 0.25) is 0 Å². The molecular formula is C13H20ClNO2. The molecular weight excluding hydrogens is 238 g/mol. The zero-order chi connectivity index (χ0) is 12.7. The summed E-state index contributed by atoms with van der Waals surface area (Å²) in [4.78, 5) is 2.22. The largest absolute Gasteiger partial charge is 0.493 e. The smallest absolute Gasteiger partial charge is 0.184 e. The molecule has 17 heavy (non-hydrogen) atoms. The maximum atomic E-state index is 6.18. The van der Waals surface area contributed by atoms with Crippen LogP contribution in [0.5, 0.6) is 11.5 Å². The lowest BCUT2D eigenvalue weighted by atomic mass is 10.3. The molecule has 0 amide bonds. The summed E-state index contributed by atoms with van der Waals surface area (Å²) in [5.74, 6) is 1.39. The van der Waals surface area contributed by atoms with Crippen molar-refractivity contribution in [2.24, 2.45) is 0 Å². The van der Waals surface area contributed by atoms with E-state index in [4.69, 9.17) is 21.1 Å². The van der Waals surface area contributed by atoms with Gasteiger partial charge in [-0.25, -0.2) is 0 Å². The molecule has 0 saturated carbocycles. The zero-order valence-electron chi connectivity index (χ0n) is 10.6. The van der Waals surface area contributed by atoms with Crippen molar-refractivity contribution in [3.05, 3.63) is 24.3 Å². The highest BCUT2D eigenvalue weighted by Crippen LogP contribution is 2.27. The van der Waals surface area contributed by atoms with E-state index < -0.39 is 0 Å². The van der Waals surface area contributed by atoms with E-state index in [1.165, 1.54) is 0 Å². The fraction of sp³-hybridized carbons (Fsp3) is 0.538. The lowest BCUT2D eigenvalue weighted by molar-refractivity contribution is 0.190. The normalized spacial score (nSPS) is 12.5. The van der Waals surface area contributed by atoms with Gasteiger partial charge in [0.15, 0.2) is 17.1 Å². The molecule has 96 valence electrons. The molecule has 1 aromatic rings. The van der Waals surface area contributed by atoms with Crippen molar-refractivity contribution in [3.8, 4) is 11.5 Å². The molecule has 0 aromatic heterocycles. The van der Waals surface area contributed by atoms with Crippen molar-refractivity contribution >= 4 is 11.6 Å². The van der Waals surface area contributed by atoms with Gasteiger partial charge in [0.25, 0.3) is 0 Å². The molecule has 0 aliphatic heterocycles. The zero-order valence-corrected chi connectivity index (χ0v) is 11.4. The van der Waals surface area contributed by atoms with Crippen molar-refractivity contribution in [2.45, 2.75) is 19.4 Å². The summed E-state index contributed by atoms with van der Waals surface area (Å²) in [5.41, 5.74) is -0.369. The summed E-state index contributed by atoms with van der Waals surface area (Å²) in [7, 11) is 1.62. The molecule has 0 radical (unpaired) electrons. The Labute approximate surface area is 108 Å². The lowest BCUT2D eigenvalue weighted by Gasteiger charge is -2.22. The second kappa shape index (κ2) is 7.41. The standard InChI is InChI=1S/C13H20ClNO2/c1-4-15(5-2)10-13(14)17-12-9-7-6-8-11(12)16-3/h6-9,13H,4-5,10H2,1-3H3. The highest BCUT2D eigenvalue weighted by molar-refractivity contribution is 6.20. The van der Waals surface area contributed by atoms with E-state index in [1.54, 1.807) is 7.11 Å². The summed E-state index contributed by atoms with van der Waals surface area (Å²) >= 11 is 6.18. The summed E-state index contributed by atoms with van der Waals surface area (Å²) < 4.78 is 10.9. The third kappa shape index (κ3) is 4.44. The minimum Gasteiger partial charge on any atom is -0.493 e. The van der Waals surface area contributed by atoms with E-state index in [9.17, 15) is 0 Å². The lowest BCUT2D eigenvalue weighted by Crippen LogP contribution is -2.32. The van der Waals surface area contributed by atoms with Crippen LogP contribution in [0.25, 0.3) is 0 Å². The minimum atomic E-state index is -0.369. The number of hydrogen-bond acceptors (Lipinski definition) is 3. The number of benzene rings is 1. The third-order valence-corrected chi connectivity index (χ3v) is 2.85. The summed E-state index contributed by atoms with van der Waals surface area (Å²) in [6, 6.07) is 7.52. The van der Waals surface area contributed by atoms with Gasteiger partial charge in [-0.3, -0.25) is 4.90 Å². The average Bonchev–Trinajstić information content (AvgIpc) is 2.36. The van der Waals surface area contributed by atoms with Crippen molar-refractivity contribution in [1.29, 1.82) is 0 Å². The van der Waals surface area contributed by atoms with Gasteiger partial charge in [-0.2, -0.15) is 0 Å². The number of para-hydroxylation sites is 2. The van der Waals surface area contributed by atoms with E-state index in [2.05, 4.69) is 18.7 Å². The first-order chi connectivity index (χ1) is 8.21. The number of halogens is 1. The molecule has 1 atom stereocenters. The maximum Gasteiger partial charge on any atom is 0.184 e. The first-order valence-corrected chi connectivity index (χ1v) is 6.31. The molecule has 0 aliphatic carbocycles. The number of methoxy groups -OCH3 is 1. The Balaban J connectivity index is 2.58. The summed E-state index contributed by atoms with van der Waals surface area (Å²) in [6.07, 6.45) is 0. The predicted molar refractivity (Wildman–Crippen MR) is 71.1 cm³/mol. The Bertz CT molecular complexity index is 329. The Morgan fingerprint density at radius 3 is 2.29 bits per heavy atom. The van der Waals surface area contributed by atoms with Gasteiger partial charge in [0.1, 0.15) is 0 Å². The number of hydrogen-bond donors (Lipinski definition) is 0.